The average molecular weight is 419 g/mol. The van der Waals surface area contributed by atoms with Gasteiger partial charge in [0.25, 0.3) is 5.91 Å². The van der Waals surface area contributed by atoms with Crippen LogP contribution in [0.15, 0.2) is 48.5 Å². The predicted molar refractivity (Wildman–Crippen MR) is 120 cm³/mol. The van der Waals surface area contributed by atoms with Crippen molar-refractivity contribution in [3.8, 4) is 0 Å². The van der Waals surface area contributed by atoms with Crippen LogP contribution in [0.3, 0.4) is 0 Å². The molecule has 1 aliphatic heterocycles. The molecular weight excluding hydrogens is 391 g/mol. The molecule has 0 bridgehead atoms. The number of halogens is 1. The van der Waals surface area contributed by atoms with E-state index in [2.05, 4.69) is 9.88 Å². The highest BCUT2D eigenvalue weighted by Crippen LogP contribution is 2.26. The topological polar surface area (TPSA) is 49.3 Å². The minimum atomic E-state index is -0.243. The predicted octanol–water partition coefficient (Wildman–Crippen LogP) is 4.09. The van der Waals surface area contributed by atoms with Gasteiger partial charge in [-0.3, -0.25) is 4.79 Å². The fourth-order valence-corrected chi connectivity index (χ4v) is 4.14. The molecule has 3 aromatic rings. The Hall–Kier alpha value is -3.28. The zero-order chi connectivity index (χ0) is 22.0. The minimum absolute atomic E-state index is 0.0767. The van der Waals surface area contributed by atoms with E-state index in [0.29, 0.717) is 38.4 Å². The molecule has 0 atom stereocenters. The van der Waals surface area contributed by atoms with Crippen molar-refractivity contribution in [1.29, 1.82) is 0 Å². The molecule has 1 amide bonds. The second kappa shape index (κ2) is 8.84. The number of hydrogen-bond acceptors (Lipinski definition) is 4. The van der Waals surface area contributed by atoms with E-state index in [1.165, 1.54) is 6.07 Å². The van der Waals surface area contributed by atoms with E-state index in [9.17, 15) is 9.18 Å². The van der Waals surface area contributed by atoms with Gasteiger partial charge in [-0.15, -0.1) is 0 Å². The second-order valence-corrected chi connectivity index (χ2v) is 8.06. The van der Waals surface area contributed by atoms with Gasteiger partial charge in [0.2, 0.25) is 0 Å². The molecule has 2 heterocycles. The number of carbonyl (C=O) groups excluding carboxylic acids is 1. The van der Waals surface area contributed by atoms with Gasteiger partial charge in [-0.25, -0.2) is 14.4 Å². The Morgan fingerprint density at radius 3 is 2.42 bits per heavy atom. The number of piperazine rings is 1. The summed E-state index contributed by atoms with van der Waals surface area (Å²) in [6.45, 7) is 8.50. The molecule has 6 heteroatoms. The number of aromatic nitrogens is 2. The van der Waals surface area contributed by atoms with Crippen LogP contribution in [0.2, 0.25) is 0 Å². The molecule has 1 fully saturated rings. The largest absolute Gasteiger partial charge is 0.353 e. The maximum Gasteiger partial charge on any atom is 0.254 e. The van der Waals surface area contributed by atoms with Crippen LogP contribution in [-0.2, 0) is 6.42 Å². The molecule has 4 rings (SSSR count). The molecule has 0 spiro atoms. The monoisotopic (exact) mass is 418 g/mol. The Bertz CT molecular complexity index is 1110. The first-order valence-corrected chi connectivity index (χ1v) is 10.6. The molecule has 1 aromatic heterocycles. The number of hydrogen-bond donors (Lipinski definition) is 0. The van der Waals surface area contributed by atoms with Gasteiger partial charge in [0.05, 0.1) is 0 Å². The average Bonchev–Trinajstić information content (AvgIpc) is 2.75. The van der Waals surface area contributed by atoms with Crippen LogP contribution in [0.4, 0.5) is 10.2 Å². The molecule has 0 aliphatic carbocycles. The Labute approximate surface area is 182 Å². The summed E-state index contributed by atoms with van der Waals surface area (Å²) in [5.41, 5.74) is 4.57. The quantitative estimate of drug-likeness (QED) is 0.640. The van der Waals surface area contributed by atoms with Gasteiger partial charge < -0.3 is 9.80 Å². The Kier molecular flexibility index (Phi) is 5.98. The van der Waals surface area contributed by atoms with Crippen LogP contribution in [0.1, 0.15) is 38.6 Å². The van der Waals surface area contributed by atoms with E-state index in [-0.39, 0.29) is 11.7 Å². The zero-order valence-corrected chi connectivity index (χ0v) is 18.2. The first kappa shape index (κ1) is 21.0. The van der Waals surface area contributed by atoms with Crippen molar-refractivity contribution >= 4 is 11.7 Å². The molecule has 0 saturated carbocycles. The number of carbonyl (C=O) groups is 1. The maximum atomic E-state index is 13.7. The molecule has 0 unspecified atom stereocenters. The highest BCUT2D eigenvalue weighted by atomic mass is 19.1. The van der Waals surface area contributed by atoms with Crippen molar-refractivity contribution in [2.24, 2.45) is 0 Å². The van der Waals surface area contributed by atoms with Gasteiger partial charge >= 0.3 is 0 Å². The third-order valence-electron chi connectivity index (χ3n) is 5.82. The summed E-state index contributed by atoms with van der Waals surface area (Å²) in [7, 11) is 0. The van der Waals surface area contributed by atoms with E-state index in [0.717, 1.165) is 33.8 Å². The van der Waals surface area contributed by atoms with Gasteiger partial charge in [0.1, 0.15) is 17.5 Å². The van der Waals surface area contributed by atoms with Crippen LogP contribution in [0.25, 0.3) is 0 Å². The fourth-order valence-electron chi connectivity index (χ4n) is 4.14. The van der Waals surface area contributed by atoms with Crippen molar-refractivity contribution in [2.45, 2.75) is 27.2 Å². The van der Waals surface area contributed by atoms with Gasteiger partial charge in [0.15, 0.2) is 0 Å². The third kappa shape index (κ3) is 4.58. The maximum absolute atomic E-state index is 13.7. The summed E-state index contributed by atoms with van der Waals surface area (Å²) in [4.78, 5) is 26.4. The van der Waals surface area contributed by atoms with Gasteiger partial charge in [0, 0.05) is 49.4 Å². The lowest BCUT2D eigenvalue weighted by atomic mass is 10.0. The molecule has 1 aliphatic rings. The number of rotatable bonds is 4. The standard InChI is InChI=1S/C25H27FN4O/c1-17-7-4-5-10-22(17)25(31)30-13-11-29(12-14-30)24-23(18(2)27-19(3)28-24)16-20-8-6-9-21(26)15-20/h4-10,15H,11-14,16H2,1-3H3. The highest BCUT2D eigenvalue weighted by molar-refractivity contribution is 5.95. The molecule has 2 aromatic carbocycles. The third-order valence-corrected chi connectivity index (χ3v) is 5.82. The molecule has 0 N–H and O–H groups in total. The van der Waals surface area contributed by atoms with Crippen molar-refractivity contribution in [3.05, 3.63) is 88.1 Å². The summed E-state index contributed by atoms with van der Waals surface area (Å²) in [6, 6.07) is 14.4. The molecule has 5 nitrogen and oxygen atoms in total. The van der Waals surface area contributed by atoms with Gasteiger partial charge in [-0.2, -0.15) is 0 Å². The van der Waals surface area contributed by atoms with E-state index in [4.69, 9.17) is 4.98 Å². The Balaban J connectivity index is 1.54. The Morgan fingerprint density at radius 1 is 0.968 bits per heavy atom. The summed E-state index contributed by atoms with van der Waals surface area (Å²) in [6.07, 6.45) is 0.571. The lowest BCUT2D eigenvalue weighted by Gasteiger charge is -2.36. The number of amides is 1. The lowest BCUT2D eigenvalue weighted by molar-refractivity contribution is 0.0745. The summed E-state index contributed by atoms with van der Waals surface area (Å²) in [5, 5.41) is 0. The van der Waals surface area contributed by atoms with E-state index in [1.54, 1.807) is 12.1 Å². The number of nitrogens with zero attached hydrogens (tertiary/aromatic N) is 4. The molecule has 160 valence electrons. The van der Waals surface area contributed by atoms with Gasteiger partial charge in [-0.05, 0) is 50.1 Å². The molecule has 31 heavy (non-hydrogen) atoms. The smallest absolute Gasteiger partial charge is 0.254 e. The van der Waals surface area contributed by atoms with Crippen molar-refractivity contribution in [2.75, 3.05) is 31.1 Å². The normalized spacial score (nSPS) is 14.1. The summed E-state index contributed by atoms with van der Waals surface area (Å²) in [5.74, 6) is 1.44. The molecule has 0 radical (unpaired) electrons. The van der Waals surface area contributed by atoms with Crippen molar-refractivity contribution < 1.29 is 9.18 Å². The first-order valence-electron chi connectivity index (χ1n) is 10.6. The van der Waals surface area contributed by atoms with Crippen molar-refractivity contribution in [1.82, 2.24) is 14.9 Å². The van der Waals surface area contributed by atoms with E-state index >= 15 is 0 Å². The number of benzene rings is 2. The van der Waals surface area contributed by atoms with Gasteiger partial charge in [-0.1, -0.05) is 30.3 Å². The first-order chi connectivity index (χ1) is 14.9. The highest BCUT2D eigenvalue weighted by Gasteiger charge is 2.26. The zero-order valence-electron chi connectivity index (χ0n) is 18.2. The molecular formula is C25H27FN4O. The van der Waals surface area contributed by atoms with Crippen LogP contribution >= 0.6 is 0 Å². The summed E-state index contributed by atoms with van der Waals surface area (Å²) < 4.78 is 13.7. The van der Waals surface area contributed by atoms with Crippen LogP contribution in [-0.4, -0.2) is 47.0 Å². The van der Waals surface area contributed by atoms with E-state index in [1.807, 2.05) is 56.0 Å². The lowest BCUT2D eigenvalue weighted by Crippen LogP contribution is -2.49. The van der Waals surface area contributed by atoms with Crippen LogP contribution < -0.4 is 4.90 Å². The second-order valence-electron chi connectivity index (χ2n) is 8.06. The molecule has 1 saturated heterocycles. The number of aryl methyl sites for hydroxylation is 3. The Morgan fingerprint density at radius 2 is 1.71 bits per heavy atom. The fraction of sp³-hybridized carbons (Fsp3) is 0.320. The number of anilines is 1. The minimum Gasteiger partial charge on any atom is -0.353 e. The SMILES string of the molecule is Cc1nc(C)c(Cc2cccc(F)c2)c(N2CCN(C(=O)c3ccccc3C)CC2)n1. The van der Waals surface area contributed by atoms with Crippen LogP contribution in [0.5, 0.6) is 0 Å². The van der Waals surface area contributed by atoms with Crippen LogP contribution in [0, 0.1) is 26.6 Å². The van der Waals surface area contributed by atoms with Crippen molar-refractivity contribution in [3.63, 3.8) is 0 Å². The summed E-state index contributed by atoms with van der Waals surface area (Å²) >= 11 is 0. The van der Waals surface area contributed by atoms with E-state index < -0.39 is 0 Å².